The maximum Gasteiger partial charge on any atom is 0.402 e. The molecule has 19 heavy (non-hydrogen) atoms. The number of nitrogens with zero attached hydrogens (tertiary/aromatic N) is 1. The largest absolute Gasteiger partial charge is 0.402 e. The molecule has 0 heterocycles. The predicted molar refractivity (Wildman–Crippen MR) is 66.3 cm³/mol. The summed E-state index contributed by atoms with van der Waals surface area (Å²) in [5.41, 5.74) is -2.10. The maximum atomic E-state index is 12.7. The van der Waals surface area contributed by atoms with E-state index < -0.39 is 17.5 Å². The van der Waals surface area contributed by atoms with Gasteiger partial charge in [0, 0.05) is 4.47 Å². The molecule has 1 amide bonds. The number of hydroxylamine groups is 2. The highest BCUT2D eigenvalue weighted by Crippen LogP contribution is 2.38. The van der Waals surface area contributed by atoms with Gasteiger partial charge in [0.15, 0.2) is 0 Å². The lowest BCUT2D eigenvalue weighted by Gasteiger charge is -2.29. The molecule has 0 spiro atoms. The van der Waals surface area contributed by atoms with Gasteiger partial charge < -0.3 is 0 Å². The number of halogens is 4. The average molecular weight is 340 g/mol. The Morgan fingerprint density at radius 2 is 1.74 bits per heavy atom. The number of hydrogen-bond acceptors (Lipinski definition) is 2. The second-order valence-electron chi connectivity index (χ2n) is 4.61. The number of alkyl halides is 3. The number of carbonyl (C=O) groups excluding carboxylic acids is 1. The molecule has 0 unspecified atom stereocenters. The Hall–Kier alpha value is -1.08. The van der Waals surface area contributed by atoms with Crippen LogP contribution in [0, 0.1) is 5.41 Å². The van der Waals surface area contributed by atoms with E-state index in [1.54, 1.807) is 24.3 Å². The molecule has 7 heteroatoms. The molecule has 1 aromatic rings. The summed E-state index contributed by atoms with van der Waals surface area (Å²) < 4.78 is 38.8. The molecule has 1 aromatic carbocycles. The van der Waals surface area contributed by atoms with E-state index in [0.717, 1.165) is 18.3 Å². The molecule has 1 N–H and O–H groups in total. The number of amides is 1. The molecule has 0 saturated carbocycles. The molecule has 0 aliphatic heterocycles. The van der Waals surface area contributed by atoms with Crippen LogP contribution in [0.4, 0.5) is 13.2 Å². The van der Waals surface area contributed by atoms with E-state index in [1.165, 1.54) is 0 Å². The summed E-state index contributed by atoms with van der Waals surface area (Å²) in [6.45, 7) is 1.17. The Morgan fingerprint density at radius 3 is 2.16 bits per heavy atom. The highest BCUT2D eigenvalue weighted by atomic mass is 79.9. The van der Waals surface area contributed by atoms with Crippen molar-refractivity contribution >= 4 is 21.8 Å². The molecule has 0 bridgehead atoms. The molecule has 1 rings (SSSR count). The molecule has 106 valence electrons. The second-order valence-corrected chi connectivity index (χ2v) is 5.53. The van der Waals surface area contributed by atoms with Crippen LogP contribution in [0.25, 0.3) is 0 Å². The number of rotatable bonds is 3. The standard InChI is InChI=1S/C12H13BrF3NO2/c1-11(2,12(14,15)16)10(18)17(19)7-8-3-5-9(13)6-4-8/h3-6,19H,7H2,1-2H3. The maximum absolute atomic E-state index is 12.7. The Bertz CT molecular complexity index is 457. The topological polar surface area (TPSA) is 40.5 Å². The van der Waals surface area contributed by atoms with Gasteiger partial charge >= 0.3 is 6.18 Å². The van der Waals surface area contributed by atoms with Crippen LogP contribution >= 0.6 is 15.9 Å². The Morgan fingerprint density at radius 1 is 1.26 bits per heavy atom. The van der Waals surface area contributed by atoms with Gasteiger partial charge in [-0.2, -0.15) is 13.2 Å². The lowest BCUT2D eigenvalue weighted by atomic mass is 9.91. The van der Waals surface area contributed by atoms with Gasteiger partial charge in [0.25, 0.3) is 5.91 Å². The van der Waals surface area contributed by atoms with Crippen molar-refractivity contribution in [3.63, 3.8) is 0 Å². The molecular formula is C12H13BrF3NO2. The van der Waals surface area contributed by atoms with Gasteiger partial charge in [-0.15, -0.1) is 0 Å². The van der Waals surface area contributed by atoms with Crippen molar-refractivity contribution in [1.29, 1.82) is 0 Å². The summed E-state index contributed by atoms with van der Waals surface area (Å²) in [5, 5.41) is 9.61. The number of carbonyl (C=O) groups is 1. The van der Waals surface area contributed by atoms with Crippen LogP contribution < -0.4 is 0 Å². The molecule has 0 saturated heterocycles. The van der Waals surface area contributed by atoms with Gasteiger partial charge in [-0.1, -0.05) is 28.1 Å². The third-order valence-electron chi connectivity index (χ3n) is 2.72. The molecule has 0 aromatic heterocycles. The zero-order valence-corrected chi connectivity index (χ0v) is 11.9. The van der Waals surface area contributed by atoms with Crippen molar-refractivity contribution in [3.05, 3.63) is 34.3 Å². The van der Waals surface area contributed by atoms with Gasteiger partial charge in [-0.3, -0.25) is 10.0 Å². The lowest BCUT2D eigenvalue weighted by Crippen LogP contribution is -2.47. The van der Waals surface area contributed by atoms with E-state index >= 15 is 0 Å². The van der Waals surface area contributed by atoms with Crippen LogP contribution in [0.5, 0.6) is 0 Å². The second kappa shape index (κ2) is 5.50. The van der Waals surface area contributed by atoms with Gasteiger partial charge in [-0.05, 0) is 31.5 Å². The normalized spacial score (nSPS) is 12.4. The van der Waals surface area contributed by atoms with Crippen molar-refractivity contribution < 1.29 is 23.2 Å². The van der Waals surface area contributed by atoms with Crippen LogP contribution in [-0.4, -0.2) is 22.4 Å². The molecule has 0 fully saturated rings. The fraction of sp³-hybridized carbons (Fsp3) is 0.417. The summed E-state index contributed by atoms with van der Waals surface area (Å²) in [6, 6.07) is 6.54. The zero-order valence-electron chi connectivity index (χ0n) is 10.3. The van der Waals surface area contributed by atoms with Crippen molar-refractivity contribution in [2.24, 2.45) is 5.41 Å². The van der Waals surface area contributed by atoms with Crippen molar-refractivity contribution in [2.75, 3.05) is 0 Å². The first-order valence-electron chi connectivity index (χ1n) is 5.37. The van der Waals surface area contributed by atoms with E-state index in [2.05, 4.69) is 15.9 Å². The first-order valence-corrected chi connectivity index (χ1v) is 6.17. The smallest absolute Gasteiger partial charge is 0.286 e. The first kappa shape index (κ1) is 16.0. The lowest BCUT2D eigenvalue weighted by molar-refractivity contribution is -0.234. The third kappa shape index (κ3) is 3.70. The Balaban J connectivity index is 2.81. The minimum atomic E-state index is -4.72. The number of benzene rings is 1. The predicted octanol–water partition coefficient (Wildman–Crippen LogP) is 3.76. The fourth-order valence-electron chi connectivity index (χ4n) is 1.28. The van der Waals surface area contributed by atoms with Crippen LogP contribution in [0.15, 0.2) is 28.7 Å². The Kier molecular flexibility index (Phi) is 4.63. The summed E-state index contributed by atoms with van der Waals surface area (Å²) in [5.74, 6) is -1.39. The van der Waals surface area contributed by atoms with E-state index in [-0.39, 0.29) is 11.6 Å². The molecule has 0 atom stereocenters. The van der Waals surface area contributed by atoms with Crippen molar-refractivity contribution in [2.45, 2.75) is 26.6 Å². The van der Waals surface area contributed by atoms with Crippen LogP contribution in [0.1, 0.15) is 19.4 Å². The van der Waals surface area contributed by atoms with E-state index in [0.29, 0.717) is 5.56 Å². The van der Waals surface area contributed by atoms with Gasteiger partial charge in [0.05, 0.1) is 6.54 Å². The Labute approximate surface area is 117 Å². The fourth-order valence-corrected chi connectivity index (χ4v) is 1.54. The zero-order chi connectivity index (χ0) is 14.8. The van der Waals surface area contributed by atoms with Gasteiger partial charge in [0.1, 0.15) is 5.41 Å². The van der Waals surface area contributed by atoms with Gasteiger partial charge in [-0.25, -0.2) is 5.06 Å². The summed E-state index contributed by atoms with van der Waals surface area (Å²) in [7, 11) is 0. The van der Waals surface area contributed by atoms with Crippen molar-refractivity contribution in [3.8, 4) is 0 Å². The highest BCUT2D eigenvalue weighted by molar-refractivity contribution is 9.10. The summed E-state index contributed by atoms with van der Waals surface area (Å²) in [6.07, 6.45) is -4.72. The highest BCUT2D eigenvalue weighted by Gasteiger charge is 2.54. The minimum Gasteiger partial charge on any atom is -0.286 e. The third-order valence-corrected chi connectivity index (χ3v) is 3.25. The quantitative estimate of drug-likeness (QED) is 0.672. The minimum absolute atomic E-state index is 0.0940. The number of hydrogen-bond donors (Lipinski definition) is 1. The van der Waals surface area contributed by atoms with Crippen LogP contribution in [0.2, 0.25) is 0 Å². The van der Waals surface area contributed by atoms with Crippen molar-refractivity contribution in [1.82, 2.24) is 5.06 Å². The summed E-state index contributed by atoms with van der Waals surface area (Å²) >= 11 is 3.21. The molecule has 0 aliphatic rings. The van der Waals surface area contributed by atoms with Gasteiger partial charge in [0.2, 0.25) is 0 Å². The van der Waals surface area contributed by atoms with E-state index in [4.69, 9.17) is 0 Å². The molecule has 0 aliphatic carbocycles. The monoisotopic (exact) mass is 339 g/mol. The average Bonchev–Trinajstić information content (AvgIpc) is 2.29. The molecule has 0 radical (unpaired) electrons. The summed E-state index contributed by atoms with van der Waals surface area (Å²) in [4.78, 5) is 11.6. The first-order chi connectivity index (χ1) is 8.55. The van der Waals surface area contributed by atoms with E-state index in [9.17, 15) is 23.2 Å². The SMILES string of the molecule is CC(C)(C(=O)N(O)Cc1ccc(Br)cc1)C(F)(F)F. The molecular weight excluding hydrogens is 327 g/mol. The van der Waals surface area contributed by atoms with E-state index in [1.807, 2.05) is 0 Å². The van der Waals surface area contributed by atoms with Crippen LogP contribution in [0.3, 0.4) is 0 Å². The molecule has 3 nitrogen and oxygen atoms in total. The van der Waals surface area contributed by atoms with Crippen LogP contribution in [-0.2, 0) is 11.3 Å².